The molecule has 2 aromatic carbocycles. The second kappa shape index (κ2) is 11.2. The number of aromatic nitrogens is 1. The van der Waals surface area contributed by atoms with Gasteiger partial charge in [-0.25, -0.2) is 4.79 Å². The highest BCUT2D eigenvalue weighted by molar-refractivity contribution is 6.47. The molecule has 0 fully saturated rings. The van der Waals surface area contributed by atoms with Gasteiger partial charge >= 0.3 is 5.97 Å². The highest BCUT2D eigenvalue weighted by Crippen LogP contribution is 2.30. The molecule has 8 nitrogen and oxygen atoms in total. The van der Waals surface area contributed by atoms with Gasteiger partial charge in [0.1, 0.15) is 11.4 Å². The third-order valence-corrected chi connectivity index (χ3v) is 5.37. The van der Waals surface area contributed by atoms with Gasteiger partial charge in [-0.1, -0.05) is 68.6 Å². The summed E-state index contributed by atoms with van der Waals surface area (Å²) in [5, 5.41) is 16.1. The SMILES string of the molecule is CCCCCC/C(=N\OC(=O)CC)C(=O)c1cn(-c2ccccc2[N+](=O)[O-])c2ccccc12. The Morgan fingerprint density at radius 2 is 1.76 bits per heavy atom. The minimum Gasteiger partial charge on any atom is -0.318 e. The van der Waals surface area contributed by atoms with Crippen LogP contribution in [0.2, 0.25) is 0 Å². The number of fused-ring (bicyclic) bond motifs is 1. The predicted octanol–water partition coefficient (Wildman–Crippen LogP) is 6.00. The molecule has 0 radical (unpaired) electrons. The van der Waals surface area contributed by atoms with Crippen LogP contribution in [0.3, 0.4) is 0 Å². The lowest BCUT2D eigenvalue weighted by Crippen LogP contribution is -2.16. The van der Waals surface area contributed by atoms with E-state index in [-0.39, 0.29) is 23.6 Å². The van der Waals surface area contributed by atoms with Crippen molar-refractivity contribution in [1.82, 2.24) is 4.57 Å². The summed E-state index contributed by atoms with van der Waals surface area (Å²) in [6, 6.07) is 13.6. The molecule has 3 rings (SSSR count). The van der Waals surface area contributed by atoms with Crippen LogP contribution in [0.15, 0.2) is 59.9 Å². The number of hydrogen-bond acceptors (Lipinski definition) is 6. The quantitative estimate of drug-likeness (QED) is 0.0891. The number of unbranched alkanes of at least 4 members (excludes halogenated alkanes) is 3. The van der Waals surface area contributed by atoms with Gasteiger partial charge in [-0.15, -0.1) is 0 Å². The highest BCUT2D eigenvalue weighted by atomic mass is 16.7. The highest BCUT2D eigenvalue weighted by Gasteiger charge is 2.23. The molecule has 0 atom stereocenters. The summed E-state index contributed by atoms with van der Waals surface area (Å²) in [5.41, 5.74) is 1.47. The standard InChI is InChI=1S/C25H27N3O5/c1-3-5-6-7-13-20(26-33-24(29)4-2)25(30)19-17-27(21-14-9-8-12-18(19)21)22-15-10-11-16-23(22)28(31)32/h8-12,14-17H,3-7,13H2,1-2H3/b26-20+. The van der Waals surface area contributed by atoms with Crippen LogP contribution in [0.5, 0.6) is 0 Å². The molecule has 1 aromatic heterocycles. The van der Waals surface area contributed by atoms with Crippen LogP contribution in [0.4, 0.5) is 5.69 Å². The molecule has 0 aliphatic rings. The number of nitro benzene ring substituents is 1. The smallest absolute Gasteiger partial charge is 0.318 e. The van der Waals surface area contributed by atoms with Gasteiger partial charge in [0, 0.05) is 29.6 Å². The zero-order chi connectivity index (χ0) is 23.8. The Morgan fingerprint density at radius 1 is 1.03 bits per heavy atom. The van der Waals surface area contributed by atoms with E-state index in [0.29, 0.717) is 28.6 Å². The van der Waals surface area contributed by atoms with Crippen molar-refractivity contribution >= 4 is 34.1 Å². The first-order chi connectivity index (χ1) is 16.0. The van der Waals surface area contributed by atoms with Crippen molar-refractivity contribution in [2.24, 2.45) is 5.16 Å². The molecule has 0 spiro atoms. The van der Waals surface area contributed by atoms with E-state index < -0.39 is 10.9 Å². The van der Waals surface area contributed by atoms with Gasteiger partial charge < -0.3 is 9.40 Å². The van der Waals surface area contributed by atoms with Gasteiger partial charge in [-0.3, -0.25) is 14.9 Å². The molecule has 0 aliphatic carbocycles. The third-order valence-electron chi connectivity index (χ3n) is 5.37. The molecule has 0 unspecified atom stereocenters. The molecule has 3 aromatic rings. The Morgan fingerprint density at radius 3 is 2.48 bits per heavy atom. The number of nitrogens with zero attached hydrogens (tertiary/aromatic N) is 3. The van der Waals surface area contributed by atoms with Gasteiger partial charge in [-0.2, -0.15) is 0 Å². The second-order valence-electron chi connectivity index (χ2n) is 7.67. The average molecular weight is 450 g/mol. The summed E-state index contributed by atoms with van der Waals surface area (Å²) in [6.07, 6.45) is 5.88. The first kappa shape index (κ1) is 23.8. The van der Waals surface area contributed by atoms with Crippen molar-refractivity contribution in [1.29, 1.82) is 0 Å². The normalized spacial score (nSPS) is 11.5. The van der Waals surface area contributed by atoms with Crippen LogP contribution in [0, 0.1) is 10.1 Å². The van der Waals surface area contributed by atoms with Crippen molar-refractivity contribution in [3.63, 3.8) is 0 Å². The van der Waals surface area contributed by atoms with Gasteiger partial charge in [0.25, 0.3) is 5.69 Å². The second-order valence-corrected chi connectivity index (χ2v) is 7.67. The fourth-order valence-corrected chi connectivity index (χ4v) is 3.63. The fourth-order valence-electron chi connectivity index (χ4n) is 3.63. The zero-order valence-electron chi connectivity index (χ0n) is 18.8. The van der Waals surface area contributed by atoms with Crippen molar-refractivity contribution in [2.75, 3.05) is 0 Å². The Kier molecular flexibility index (Phi) is 8.07. The van der Waals surface area contributed by atoms with E-state index in [2.05, 4.69) is 12.1 Å². The maximum Gasteiger partial charge on any atom is 0.334 e. The maximum absolute atomic E-state index is 13.5. The molecule has 0 aliphatic heterocycles. The number of carbonyl (C=O) groups is 2. The zero-order valence-corrected chi connectivity index (χ0v) is 18.8. The van der Waals surface area contributed by atoms with Crippen LogP contribution in [-0.4, -0.2) is 27.0 Å². The van der Waals surface area contributed by atoms with Crippen LogP contribution in [0.1, 0.15) is 62.7 Å². The fraction of sp³-hybridized carbons (Fsp3) is 0.320. The van der Waals surface area contributed by atoms with Gasteiger partial charge in [0.15, 0.2) is 0 Å². The number of rotatable bonds is 11. The van der Waals surface area contributed by atoms with Crippen molar-refractivity contribution < 1.29 is 19.3 Å². The molecule has 0 amide bonds. The van der Waals surface area contributed by atoms with E-state index >= 15 is 0 Å². The number of benzene rings is 2. The number of oxime groups is 1. The minimum absolute atomic E-state index is 0.0671. The maximum atomic E-state index is 13.5. The molecule has 8 heteroatoms. The number of carbonyl (C=O) groups excluding carboxylic acids is 2. The molecule has 0 saturated carbocycles. The predicted molar refractivity (Wildman–Crippen MR) is 127 cm³/mol. The average Bonchev–Trinajstić information content (AvgIpc) is 3.22. The van der Waals surface area contributed by atoms with Crippen LogP contribution >= 0.6 is 0 Å². The number of Topliss-reactive ketones (excluding diaryl/α,β-unsaturated/α-hetero) is 1. The Bertz CT molecular complexity index is 1200. The molecule has 0 saturated heterocycles. The lowest BCUT2D eigenvalue weighted by Gasteiger charge is -2.06. The molecule has 0 N–H and O–H groups in total. The van der Waals surface area contributed by atoms with E-state index in [0.717, 1.165) is 25.7 Å². The van der Waals surface area contributed by atoms with Gasteiger partial charge in [-0.05, 0) is 25.0 Å². The lowest BCUT2D eigenvalue weighted by molar-refractivity contribution is -0.384. The number of nitro groups is 1. The lowest BCUT2D eigenvalue weighted by atomic mass is 10.0. The van der Waals surface area contributed by atoms with Crippen LogP contribution in [0.25, 0.3) is 16.6 Å². The van der Waals surface area contributed by atoms with E-state index in [1.165, 1.54) is 6.07 Å². The Labute approximate surface area is 192 Å². The summed E-state index contributed by atoms with van der Waals surface area (Å²) in [7, 11) is 0. The van der Waals surface area contributed by atoms with Crippen LogP contribution < -0.4 is 0 Å². The summed E-state index contributed by atoms with van der Waals surface area (Å²) in [4.78, 5) is 41.2. The van der Waals surface area contributed by atoms with Gasteiger partial charge in [0.2, 0.25) is 5.78 Å². The summed E-state index contributed by atoms with van der Waals surface area (Å²) >= 11 is 0. The summed E-state index contributed by atoms with van der Waals surface area (Å²) in [5.74, 6) is -0.875. The van der Waals surface area contributed by atoms with E-state index in [1.807, 2.05) is 6.07 Å². The van der Waals surface area contributed by atoms with Gasteiger partial charge in [0.05, 0.1) is 10.4 Å². The molecular weight excluding hydrogens is 422 g/mol. The molecular formula is C25H27N3O5. The van der Waals surface area contributed by atoms with Crippen molar-refractivity contribution in [2.45, 2.75) is 52.4 Å². The first-order valence-electron chi connectivity index (χ1n) is 11.1. The minimum atomic E-state index is -0.517. The number of ketones is 1. The third kappa shape index (κ3) is 5.52. The topological polar surface area (TPSA) is 104 Å². The van der Waals surface area contributed by atoms with Crippen molar-refractivity contribution in [3.8, 4) is 5.69 Å². The van der Waals surface area contributed by atoms with E-state index in [1.54, 1.807) is 54.1 Å². The van der Waals surface area contributed by atoms with E-state index in [4.69, 9.17) is 4.84 Å². The monoisotopic (exact) mass is 449 g/mol. The molecule has 0 bridgehead atoms. The number of hydrogen-bond donors (Lipinski definition) is 0. The summed E-state index contributed by atoms with van der Waals surface area (Å²) in [6.45, 7) is 3.75. The molecule has 33 heavy (non-hydrogen) atoms. The summed E-state index contributed by atoms with van der Waals surface area (Å²) < 4.78 is 1.65. The molecule has 172 valence electrons. The Hall–Kier alpha value is -3.81. The largest absolute Gasteiger partial charge is 0.334 e. The Balaban J connectivity index is 2.07. The van der Waals surface area contributed by atoms with Crippen LogP contribution in [-0.2, 0) is 9.63 Å². The first-order valence-corrected chi connectivity index (χ1v) is 11.1. The molecule has 1 heterocycles. The number of para-hydroxylation sites is 3. The van der Waals surface area contributed by atoms with E-state index in [9.17, 15) is 19.7 Å². The van der Waals surface area contributed by atoms with Crippen molar-refractivity contribution in [3.05, 3.63) is 70.4 Å².